The van der Waals surface area contributed by atoms with E-state index in [1.165, 1.54) is 22.3 Å². The second-order valence-electron chi connectivity index (χ2n) is 5.46. The molecule has 0 N–H and O–H groups in total. The first-order valence-electron chi connectivity index (χ1n) is 7.82. The topological polar surface area (TPSA) is 9.23 Å². The summed E-state index contributed by atoms with van der Waals surface area (Å²) in [6.45, 7) is 2.77. The highest BCUT2D eigenvalue weighted by Gasteiger charge is 2.06. The van der Waals surface area contributed by atoms with Crippen LogP contribution in [0.3, 0.4) is 0 Å². The maximum absolute atomic E-state index is 5.94. The Hall–Kier alpha value is -2.06. The summed E-state index contributed by atoms with van der Waals surface area (Å²) in [7, 11) is 0. The van der Waals surface area contributed by atoms with Gasteiger partial charge in [0.25, 0.3) is 0 Å². The minimum atomic E-state index is 0.589. The van der Waals surface area contributed by atoms with Crippen LogP contribution in [0.25, 0.3) is 11.1 Å². The number of hydrogen-bond donors (Lipinski definition) is 0. The average molecular weight is 367 g/mol. The van der Waals surface area contributed by atoms with Crippen molar-refractivity contribution in [3.8, 4) is 16.9 Å². The van der Waals surface area contributed by atoms with Crippen molar-refractivity contribution in [1.82, 2.24) is 0 Å². The second-order valence-corrected chi connectivity index (χ2v) is 6.37. The van der Waals surface area contributed by atoms with Gasteiger partial charge in [0, 0.05) is 4.47 Å². The zero-order chi connectivity index (χ0) is 16.1. The average Bonchev–Trinajstić information content (AvgIpc) is 2.61. The van der Waals surface area contributed by atoms with Crippen molar-refractivity contribution >= 4 is 15.9 Å². The Balaban J connectivity index is 1.83. The first kappa shape index (κ1) is 15.8. The van der Waals surface area contributed by atoms with Gasteiger partial charge in [0.05, 0.1) is 0 Å². The molecule has 3 rings (SSSR count). The standard InChI is InChI=1S/C21H19BrO/c1-2-17-13-19(22)11-12-21(17)18-9-6-10-20(14-18)23-15-16-7-4-3-5-8-16/h3-14H,2,15H2,1H3. The van der Waals surface area contributed by atoms with E-state index in [0.717, 1.165) is 16.6 Å². The molecule has 0 saturated carbocycles. The van der Waals surface area contributed by atoms with Crippen molar-refractivity contribution in [1.29, 1.82) is 0 Å². The Kier molecular flexibility index (Phi) is 5.14. The number of rotatable bonds is 5. The van der Waals surface area contributed by atoms with Gasteiger partial charge in [-0.25, -0.2) is 0 Å². The molecule has 0 unspecified atom stereocenters. The molecular formula is C21H19BrO. The summed E-state index contributed by atoms with van der Waals surface area (Å²) >= 11 is 3.55. The highest BCUT2D eigenvalue weighted by Crippen LogP contribution is 2.29. The van der Waals surface area contributed by atoms with Gasteiger partial charge in [-0.3, -0.25) is 0 Å². The predicted molar refractivity (Wildman–Crippen MR) is 99.7 cm³/mol. The number of benzene rings is 3. The van der Waals surface area contributed by atoms with E-state index < -0.39 is 0 Å². The van der Waals surface area contributed by atoms with Gasteiger partial charge in [-0.15, -0.1) is 0 Å². The number of aryl methyl sites for hydroxylation is 1. The van der Waals surface area contributed by atoms with Gasteiger partial charge in [-0.2, -0.15) is 0 Å². The Morgan fingerprint density at radius 1 is 0.870 bits per heavy atom. The molecule has 0 atom stereocenters. The molecular weight excluding hydrogens is 348 g/mol. The zero-order valence-corrected chi connectivity index (χ0v) is 14.7. The first-order valence-corrected chi connectivity index (χ1v) is 8.61. The zero-order valence-electron chi connectivity index (χ0n) is 13.1. The molecule has 0 amide bonds. The number of halogens is 1. The highest BCUT2D eigenvalue weighted by molar-refractivity contribution is 9.10. The molecule has 0 fully saturated rings. The molecule has 0 saturated heterocycles. The summed E-state index contributed by atoms with van der Waals surface area (Å²) in [4.78, 5) is 0. The fourth-order valence-corrected chi connectivity index (χ4v) is 3.04. The monoisotopic (exact) mass is 366 g/mol. The van der Waals surface area contributed by atoms with E-state index in [1.54, 1.807) is 0 Å². The van der Waals surface area contributed by atoms with Crippen LogP contribution in [0, 0.1) is 0 Å². The first-order chi connectivity index (χ1) is 11.3. The number of ether oxygens (including phenoxy) is 1. The normalized spacial score (nSPS) is 10.5. The summed E-state index contributed by atoms with van der Waals surface area (Å²) < 4.78 is 7.06. The Bertz CT molecular complexity index is 781. The summed E-state index contributed by atoms with van der Waals surface area (Å²) in [5.74, 6) is 0.899. The quantitative estimate of drug-likeness (QED) is 0.517. The fourth-order valence-electron chi connectivity index (χ4n) is 2.63. The van der Waals surface area contributed by atoms with E-state index in [4.69, 9.17) is 4.74 Å². The summed E-state index contributed by atoms with van der Waals surface area (Å²) in [5.41, 5.74) is 4.97. The molecule has 116 valence electrons. The fraction of sp³-hybridized carbons (Fsp3) is 0.143. The molecule has 0 spiro atoms. The van der Waals surface area contributed by atoms with Crippen LogP contribution in [0.15, 0.2) is 77.3 Å². The van der Waals surface area contributed by atoms with Gasteiger partial charge in [-0.1, -0.05) is 71.4 Å². The van der Waals surface area contributed by atoms with Crippen LogP contribution in [-0.4, -0.2) is 0 Å². The van der Waals surface area contributed by atoms with E-state index in [9.17, 15) is 0 Å². The highest BCUT2D eigenvalue weighted by atomic mass is 79.9. The van der Waals surface area contributed by atoms with Gasteiger partial charge in [0.1, 0.15) is 12.4 Å². The van der Waals surface area contributed by atoms with Crippen molar-refractivity contribution in [3.63, 3.8) is 0 Å². The van der Waals surface area contributed by atoms with Crippen LogP contribution >= 0.6 is 15.9 Å². The van der Waals surface area contributed by atoms with Crippen molar-refractivity contribution in [2.24, 2.45) is 0 Å². The summed E-state index contributed by atoms with van der Waals surface area (Å²) in [6.07, 6.45) is 1.00. The lowest BCUT2D eigenvalue weighted by molar-refractivity contribution is 0.306. The van der Waals surface area contributed by atoms with Crippen LogP contribution in [0.5, 0.6) is 5.75 Å². The Labute approximate surface area is 146 Å². The molecule has 0 aliphatic rings. The minimum Gasteiger partial charge on any atom is -0.489 e. The molecule has 0 heterocycles. The molecule has 0 aliphatic carbocycles. The Morgan fingerprint density at radius 2 is 1.70 bits per heavy atom. The Morgan fingerprint density at radius 3 is 2.48 bits per heavy atom. The molecule has 23 heavy (non-hydrogen) atoms. The largest absolute Gasteiger partial charge is 0.489 e. The second kappa shape index (κ2) is 7.47. The van der Waals surface area contributed by atoms with E-state index in [2.05, 4.69) is 71.4 Å². The van der Waals surface area contributed by atoms with Crippen LogP contribution in [0.2, 0.25) is 0 Å². The van der Waals surface area contributed by atoms with Crippen molar-refractivity contribution in [2.75, 3.05) is 0 Å². The van der Waals surface area contributed by atoms with Crippen molar-refractivity contribution < 1.29 is 4.74 Å². The molecule has 0 aromatic heterocycles. The third-order valence-corrected chi connectivity index (χ3v) is 4.33. The predicted octanol–water partition coefficient (Wildman–Crippen LogP) is 6.26. The van der Waals surface area contributed by atoms with Crippen molar-refractivity contribution in [2.45, 2.75) is 20.0 Å². The molecule has 0 bridgehead atoms. The van der Waals surface area contributed by atoms with Gasteiger partial charge < -0.3 is 4.74 Å². The van der Waals surface area contributed by atoms with Crippen LogP contribution < -0.4 is 4.74 Å². The van der Waals surface area contributed by atoms with Crippen molar-refractivity contribution in [3.05, 3.63) is 88.4 Å². The lowest BCUT2D eigenvalue weighted by atomic mass is 9.98. The molecule has 0 aliphatic heterocycles. The van der Waals surface area contributed by atoms with Gasteiger partial charge in [-0.05, 0) is 52.9 Å². The smallest absolute Gasteiger partial charge is 0.120 e. The van der Waals surface area contributed by atoms with Gasteiger partial charge in [0.15, 0.2) is 0 Å². The van der Waals surface area contributed by atoms with E-state index in [1.807, 2.05) is 24.3 Å². The van der Waals surface area contributed by atoms with Crippen LogP contribution in [-0.2, 0) is 13.0 Å². The lowest BCUT2D eigenvalue weighted by Gasteiger charge is -2.11. The van der Waals surface area contributed by atoms with Gasteiger partial charge in [0.2, 0.25) is 0 Å². The van der Waals surface area contributed by atoms with E-state index in [0.29, 0.717) is 6.61 Å². The van der Waals surface area contributed by atoms with E-state index in [-0.39, 0.29) is 0 Å². The maximum atomic E-state index is 5.94. The summed E-state index contributed by atoms with van der Waals surface area (Å²) in [5, 5.41) is 0. The SMILES string of the molecule is CCc1cc(Br)ccc1-c1cccc(OCc2ccccc2)c1. The summed E-state index contributed by atoms with van der Waals surface area (Å²) in [6, 6.07) is 25.0. The van der Waals surface area contributed by atoms with Crippen LogP contribution in [0.4, 0.5) is 0 Å². The molecule has 3 aromatic carbocycles. The third-order valence-electron chi connectivity index (χ3n) is 3.84. The van der Waals surface area contributed by atoms with Gasteiger partial charge >= 0.3 is 0 Å². The molecule has 2 heteroatoms. The number of hydrogen-bond acceptors (Lipinski definition) is 1. The maximum Gasteiger partial charge on any atom is 0.120 e. The van der Waals surface area contributed by atoms with E-state index >= 15 is 0 Å². The molecule has 3 aromatic rings. The molecule has 0 radical (unpaired) electrons. The molecule has 1 nitrogen and oxygen atoms in total. The minimum absolute atomic E-state index is 0.589. The third kappa shape index (κ3) is 4.02. The van der Waals surface area contributed by atoms with Crippen LogP contribution in [0.1, 0.15) is 18.1 Å². The lowest BCUT2D eigenvalue weighted by Crippen LogP contribution is -1.95.